The molecule has 4 rings (SSSR count). The number of rotatable bonds is 5. The van der Waals surface area contributed by atoms with Gasteiger partial charge in [-0.25, -0.2) is 8.78 Å². The molecule has 0 spiro atoms. The van der Waals surface area contributed by atoms with Crippen LogP contribution in [-0.4, -0.2) is 35.0 Å². The number of aliphatic hydroxyl groups excluding tert-OH is 1. The number of nitrogens with zero attached hydrogens (tertiary/aromatic N) is 1. The number of imide groups is 1. The second-order valence-corrected chi connectivity index (χ2v) is 7.85. The highest BCUT2D eigenvalue weighted by Gasteiger charge is 2.35. The molecule has 6 heteroatoms. The first kappa shape index (κ1) is 23.3. The van der Waals surface area contributed by atoms with E-state index in [4.69, 9.17) is 5.11 Å². The molecule has 3 aromatic carbocycles. The van der Waals surface area contributed by atoms with Crippen molar-refractivity contribution in [3.8, 4) is 0 Å². The van der Waals surface area contributed by atoms with Crippen molar-refractivity contribution in [2.45, 2.75) is 25.7 Å². The van der Waals surface area contributed by atoms with E-state index in [9.17, 15) is 18.4 Å². The van der Waals surface area contributed by atoms with E-state index in [-0.39, 0.29) is 48.4 Å². The molecule has 32 heavy (non-hydrogen) atoms. The number of hydrogen-bond acceptors (Lipinski definition) is 3. The number of amides is 2. The molecule has 0 aliphatic carbocycles. The lowest BCUT2D eigenvalue weighted by molar-refractivity contribution is 0.0646. The summed E-state index contributed by atoms with van der Waals surface area (Å²) in [5.74, 6) is -1.01. The van der Waals surface area contributed by atoms with Crippen LogP contribution >= 0.6 is 0 Å². The largest absolute Gasteiger partial charge is 0.396 e. The summed E-state index contributed by atoms with van der Waals surface area (Å²) in [7, 11) is 0. The van der Waals surface area contributed by atoms with Gasteiger partial charge in [0.2, 0.25) is 0 Å². The van der Waals surface area contributed by atoms with Crippen LogP contribution in [0.25, 0.3) is 0 Å². The van der Waals surface area contributed by atoms with Gasteiger partial charge in [-0.15, -0.1) is 0 Å². The van der Waals surface area contributed by atoms with Crippen LogP contribution in [0.15, 0.2) is 72.8 Å². The highest BCUT2D eigenvalue weighted by atomic mass is 19.1. The van der Waals surface area contributed by atoms with Crippen LogP contribution in [0.1, 0.15) is 57.5 Å². The minimum atomic E-state index is -0.299. The molecule has 0 aromatic heterocycles. The number of aliphatic hydroxyl groups is 1. The Balaban J connectivity index is 0.000000222. The van der Waals surface area contributed by atoms with Gasteiger partial charge in [0.05, 0.1) is 11.1 Å². The summed E-state index contributed by atoms with van der Waals surface area (Å²) in [5.41, 5.74) is 2.77. The molecule has 0 saturated carbocycles. The van der Waals surface area contributed by atoms with Gasteiger partial charge in [0.1, 0.15) is 11.6 Å². The summed E-state index contributed by atoms with van der Waals surface area (Å²) in [6.07, 6.45) is 0. The molecule has 3 aromatic rings. The molecule has 1 N–H and O–H groups in total. The average molecular weight is 437 g/mol. The number of hydrogen-bond donors (Lipinski definition) is 1. The van der Waals surface area contributed by atoms with Gasteiger partial charge in [-0.2, -0.15) is 0 Å². The fourth-order valence-electron chi connectivity index (χ4n) is 3.47. The van der Waals surface area contributed by atoms with Gasteiger partial charge in [-0.05, 0) is 53.4 Å². The first-order valence-electron chi connectivity index (χ1n) is 10.4. The molecule has 4 nitrogen and oxygen atoms in total. The smallest absolute Gasteiger partial charge is 0.261 e. The lowest BCUT2D eigenvalue weighted by atomic mass is 10.0. The summed E-state index contributed by atoms with van der Waals surface area (Å²) >= 11 is 0. The van der Waals surface area contributed by atoms with Crippen LogP contribution in [0.4, 0.5) is 8.78 Å². The Morgan fingerprint density at radius 2 is 1.12 bits per heavy atom. The van der Waals surface area contributed by atoms with Crippen molar-refractivity contribution in [3.63, 3.8) is 0 Å². The number of carbonyl (C=O) groups excluding carboxylic acids is 2. The molecular weight excluding hydrogens is 412 g/mol. The molecule has 0 fully saturated rings. The third-order valence-electron chi connectivity index (χ3n) is 5.49. The molecule has 0 unspecified atom stereocenters. The first-order chi connectivity index (χ1) is 15.3. The van der Waals surface area contributed by atoms with Crippen LogP contribution in [0.5, 0.6) is 0 Å². The van der Waals surface area contributed by atoms with Crippen LogP contribution in [0, 0.1) is 11.6 Å². The Morgan fingerprint density at radius 1 is 0.719 bits per heavy atom. The maximum atomic E-state index is 12.9. The summed E-state index contributed by atoms with van der Waals surface area (Å²) in [6, 6.07) is 19.1. The molecule has 0 radical (unpaired) electrons. The predicted octanol–water partition coefficient (Wildman–Crippen LogP) is 5.15. The summed E-state index contributed by atoms with van der Waals surface area (Å²) < 4.78 is 25.3. The van der Waals surface area contributed by atoms with Crippen LogP contribution in [-0.2, 0) is 0 Å². The van der Waals surface area contributed by atoms with Crippen LogP contribution in [0.2, 0.25) is 0 Å². The summed E-state index contributed by atoms with van der Waals surface area (Å²) in [4.78, 5) is 25.8. The quantitative estimate of drug-likeness (QED) is 0.562. The Kier molecular flexibility index (Phi) is 7.49. The Hall–Kier alpha value is -3.38. The number of benzene rings is 3. The highest BCUT2D eigenvalue weighted by Crippen LogP contribution is 2.26. The molecule has 1 aliphatic rings. The molecule has 166 valence electrons. The lowest BCUT2D eigenvalue weighted by Crippen LogP contribution is -2.33. The van der Waals surface area contributed by atoms with Gasteiger partial charge in [0.15, 0.2) is 0 Å². The van der Waals surface area contributed by atoms with E-state index in [1.165, 1.54) is 29.2 Å². The normalized spacial score (nSPS) is 14.5. The summed E-state index contributed by atoms with van der Waals surface area (Å²) in [6.45, 7) is 4.20. The van der Waals surface area contributed by atoms with Crippen molar-refractivity contribution in [1.29, 1.82) is 0 Å². The highest BCUT2D eigenvalue weighted by molar-refractivity contribution is 6.21. The molecule has 2 amide bonds. The minimum Gasteiger partial charge on any atom is -0.396 e. The topological polar surface area (TPSA) is 57.6 Å². The molecule has 1 aliphatic heterocycles. The maximum Gasteiger partial charge on any atom is 0.261 e. The average Bonchev–Trinajstić information content (AvgIpc) is 3.05. The van der Waals surface area contributed by atoms with Gasteiger partial charge in [-0.3, -0.25) is 14.5 Å². The van der Waals surface area contributed by atoms with Gasteiger partial charge >= 0.3 is 0 Å². The summed E-state index contributed by atoms with van der Waals surface area (Å²) in [5, 5.41) is 8.76. The third kappa shape index (κ3) is 5.26. The minimum absolute atomic E-state index is 0.0483. The van der Waals surface area contributed by atoms with Gasteiger partial charge in [0, 0.05) is 19.1 Å². The second-order valence-electron chi connectivity index (χ2n) is 7.85. The van der Waals surface area contributed by atoms with E-state index in [1.807, 2.05) is 13.8 Å². The van der Waals surface area contributed by atoms with E-state index in [0.717, 1.165) is 11.1 Å². The van der Waals surface area contributed by atoms with Crippen LogP contribution in [0.3, 0.4) is 0 Å². The standard InChI is InChI=1S/C17H14FNO2.C9H11FO/c1-11(12-6-8-13(18)9-7-12)10-19-16(20)14-4-2-3-5-15(14)17(19)21;1-7(6-11)8-2-4-9(10)5-3-8/h2-9,11H,10H2,1H3;2-5,7,11H,6H2,1H3/t11-;7-/m11/s1. The van der Waals surface area contributed by atoms with Crippen molar-refractivity contribution < 1.29 is 23.5 Å². The fraction of sp³-hybridized carbons (Fsp3) is 0.231. The lowest BCUT2D eigenvalue weighted by Gasteiger charge is -2.19. The fourth-order valence-corrected chi connectivity index (χ4v) is 3.47. The van der Waals surface area contributed by atoms with E-state index in [1.54, 1.807) is 48.5 Å². The zero-order valence-corrected chi connectivity index (χ0v) is 18.0. The van der Waals surface area contributed by atoms with Gasteiger partial charge in [0.25, 0.3) is 11.8 Å². The van der Waals surface area contributed by atoms with Crippen molar-refractivity contribution in [3.05, 3.63) is 107 Å². The first-order valence-corrected chi connectivity index (χ1v) is 10.4. The Bertz CT molecular complexity index is 1050. The monoisotopic (exact) mass is 437 g/mol. The number of fused-ring (bicyclic) bond motifs is 1. The molecule has 0 saturated heterocycles. The molecule has 0 bridgehead atoms. The van der Waals surface area contributed by atoms with Crippen molar-refractivity contribution in [1.82, 2.24) is 4.90 Å². The Morgan fingerprint density at radius 3 is 1.53 bits per heavy atom. The van der Waals surface area contributed by atoms with Crippen molar-refractivity contribution in [2.75, 3.05) is 13.2 Å². The number of halogens is 2. The maximum absolute atomic E-state index is 12.9. The zero-order chi connectivity index (χ0) is 23.3. The van der Waals surface area contributed by atoms with Crippen molar-refractivity contribution in [2.24, 2.45) is 0 Å². The van der Waals surface area contributed by atoms with Gasteiger partial charge in [-0.1, -0.05) is 50.2 Å². The van der Waals surface area contributed by atoms with E-state index in [2.05, 4.69) is 0 Å². The molecular formula is C26H25F2NO3. The van der Waals surface area contributed by atoms with Crippen LogP contribution < -0.4 is 0 Å². The number of carbonyl (C=O) groups is 2. The van der Waals surface area contributed by atoms with E-state index >= 15 is 0 Å². The zero-order valence-electron chi connectivity index (χ0n) is 18.0. The molecule has 1 heterocycles. The third-order valence-corrected chi connectivity index (χ3v) is 5.49. The SMILES string of the molecule is C[C@H](CN1C(=O)c2ccccc2C1=O)c1ccc(F)cc1.C[C@H](CO)c1ccc(F)cc1. The molecule has 2 atom stereocenters. The predicted molar refractivity (Wildman–Crippen MR) is 119 cm³/mol. The second kappa shape index (κ2) is 10.3. The Labute approximate surface area is 186 Å². The van der Waals surface area contributed by atoms with E-state index < -0.39 is 0 Å². The van der Waals surface area contributed by atoms with Gasteiger partial charge < -0.3 is 5.11 Å². The van der Waals surface area contributed by atoms with Crippen molar-refractivity contribution >= 4 is 11.8 Å². The van der Waals surface area contributed by atoms with E-state index in [0.29, 0.717) is 11.1 Å².